The quantitative estimate of drug-likeness (QED) is 0.118. The minimum atomic E-state index is -1.04. The van der Waals surface area contributed by atoms with Crippen LogP contribution in [-0.4, -0.2) is 48.2 Å². The fraction of sp³-hybridized carbons (Fsp3) is 0.486. The highest BCUT2D eigenvalue weighted by molar-refractivity contribution is 5.80. The van der Waals surface area contributed by atoms with Gasteiger partial charge in [0, 0.05) is 30.2 Å². The fourth-order valence-electron chi connectivity index (χ4n) is 6.03. The summed E-state index contributed by atoms with van der Waals surface area (Å²) in [4.78, 5) is 40.1. The molecule has 0 saturated carbocycles. The van der Waals surface area contributed by atoms with Crippen LogP contribution in [0.5, 0.6) is 0 Å². The third-order valence-electron chi connectivity index (χ3n) is 8.51. The molecule has 3 heterocycles. The molecule has 2 aromatic carbocycles. The number of rotatable bonds is 11. The molecule has 0 bridgehead atoms. The van der Waals surface area contributed by atoms with Crippen LogP contribution in [0, 0.1) is 5.41 Å². The average Bonchev–Trinajstić information content (AvgIpc) is 3.65. The van der Waals surface area contributed by atoms with E-state index in [9.17, 15) is 14.4 Å². The number of carbonyl (C=O) groups excluding carboxylic acids is 2. The number of H-pyrrole nitrogens is 1. The van der Waals surface area contributed by atoms with Gasteiger partial charge in [0.15, 0.2) is 0 Å². The van der Waals surface area contributed by atoms with Crippen molar-refractivity contribution in [3.63, 3.8) is 0 Å². The molecule has 1 N–H and O–H groups in total. The van der Waals surface area contributed by atoms with E-state index in [0.29, 0.717) is 37.1 Å². The van der Waals surface area contributed by atoms with Gasteiger partial charge in [-0.05, 0) is 75.3 Å². The maximum Gasteiger partial charge on any atom is 0.333 e. The van der Waals surface area contributed by atoms with Gasteiger partial charge in [0.2, 0.25) is 12.1 Å². The van der Waals surface area contributed by atoms with Crippen molar-refractivity contribution in [1.29, 1.82) is 0 Å². The summed E-state index contributed by atoms with van der Waals surface area (Å²) >= 11 is 0. The number of carbonyl (C=O) groups is 2. The molecule has 0 spiro atoms. The molecular formula is C35H44N6O5. The van der Waals surface area contributed by atoms with Crippen molar-refractivity contribution < 1.29 is 19.1 Å². The Balaban J connectivity index is 1.45. The molecule has 11 nitrogen and oxygen atoms in total. The average molecular weight is 629 g/mol. The first-order valence-corrected chi connectivity index (χ1v) is 16.2. The lowest BCUT2D eigenvalue weighted by molar-refractivity contribution is -0.193. The SMILES string of the molecule is CCCCCc1c(Cc2ccc(-c3ccccc3-c3nn[nH]n3)cc2)c(=O)n2n1C(C(=O)OC(C)OC(=O)C(C)(C)C)CCC2C. The van der Waals surface area contributed by atoms with Crippen LogP contribution < -0.4 is 5.56 Å². The molecule has 2 aromatic heterocycles. The van der Waals surface area contributed by atoms with Gasteiger partial charge >= 0.3 is 11.9 Å². The predicted molar refractivity (Wildman–Crippen MR) is 174 cm³/mol. The number of nitrogens with one attached hydrogen (secondary N) is 1. The van der Waals surface area contributed by atoms with Crippen molar-refractivity contribution in [1.82, 2.24) is 30.0 Å². The molecular weight excluding hydrogens is 584 g/mol. The van der Waals surface area contributed by atoms with E-state index in [1.54, 1.807) is 32.4 Å². The molecule has 3 atom stereocenters. The van der Waals surface area contributed by atoms with Crippen LogP contribution in [0.1, 0.15) is 103 Å². The molecule has 11 heteroatoms. The van der Waals surface area contributed by atoms with Crippen LogP contribution in [0.3, 0.4) is 0 Å². The number of tetrazole rings is 1. The molecule has 5 rings (SSSR count). The van der Waals surface area contributed by atoms with Gasteiger partial charge in [0.05, 0.1) is 11.5 Å². The summed E-state index contributed by atoms with van der Waals surface area (Å²) in [6, 6.07) is 15.3. The van der Waals surface area contributed by atoms with Gasteiger partial charge in [-0.25, -0.2) is 9.48 Å². The second-order valence-corrected chi connectivity index (χ2v) is 13.1. The second-order valence-electron chi connectivity index (χ2n) is 13.1. The summed E-state index contributed by atoms with van der Waals surface area (Å²) in [6.07, 6.45) is 4.20. The van der Waals surface area contributed by atoms with E-state index in [1.807, 2.05) is 60.1 Å². The normalized spacial score (nSPS) is 16.9. The van der Waals surface area contributed by atoms with Crippen LogP contribution >= 0.6 is 0 Å². The number of benzene rings is 2. The Bertz CT molecular complexity index is 1720. The molecule has 244 valence electrons. The van der Waals surface area contributed by atoms with Crippen molar-refractivity contribution in [3.8, 4) is 22.5 Å². The van der Waals surface area contributed by atoms with E-state index in [-0.39, 0.29) is 11.6 Å². The fourth-order valence-corrected chi connectivity index (χ4v) is 6.03. The van der Waals surface area contributed by atoms with Gasteiger partial charge in [-0.3, -0.25) is 14.3 Å². The summed E-state index contributed by atoms with van der Waals surface area (Å²) in [7, 11) is 0. The minimum Gasteiger partial charge on any atom is -0.425 e. The highest BCUT2D eigenvalue weighted by Crippen LogP contribution is 2.34. The number of ether oxygens (including phenoxy) is 2. The van der Waals surface area contributed by atoms with Crippen LogP contribution in [0.2, 0.25) is 0 Å². The Morgan fingerprint density at radius 1 is 1.00 bits per heavy atom. The van der Waals surface area contributed by atoms with Crippen molar-refractivity contribution >= 4 is 11.9 Å². The number of aromatic nitrogens is 6. The second kappa shape index (κ2) is 13.8. The van der Waals surface area contributed by atoms with Crippen molar-refractivity contribution in [2.75, 3.05) is 0 Å². The molecule has 1 aliphatic heterocycles. The maximum atomic E-state index is 14.1. The third-order valence-corrected chi connectivity index (χ3v) is 8.51. The third kappa shape index (κ3) is 6.98. The first kappa shape index (κ1) is 32.8. The summed E-state index contributed by atoms with van der Waals surface area (Å²) < 4.78 is 14.7. The van der Waals surface area contributed by atoms with Gasteiger partial charge in [-0.1, -0.05) is 68.3 Å². The van der Waals surface area contributed by atoms with E-state index in [4.69, 9.17) is 9.47 Å². The Kier molecular flexibility index (Phi) is 9.88. The number of nitrogens with zero attached hydrogens (tertiary/aromatic N) is 5. The monoisotopic (exact) mass is 628 g/mol. The van der Waals surface area contributed by atoms with E-state index >= 15 is 0 Å². The zero-order chi connectivity index (χ0) is 33.0. The van der Waals surface area contributed by atoms with Crippen LogP contribution in [0.25, 0.3) is 22.5 Å². The molecule has 0 aliphatic carbocycles. The number of hydrogen-bond donors (Lipinski definition) is 1. The van der Waals surface area contributed by atoms with Gasteiger partial charge < -0.3 is 9.47 Å². The lowest BCUT2D eigenvalue weighted by atomic mass is 9.96. The van der Waals surface area contributed by atoms with Crippen LogP contribution in [0.15, 0.2) is 53.3 Å². The largest absolute Gasteiger partial charge is 0.425 e. The Labute approximate surface area is 269 Å². The molecule has 0 radical (unpaired) electrons. The first-order valence-electron chi connectivity index (χ1n) is 16.2. The summed E-state index contributed by atoms with van der Waals surface area (Å²) in [6.45, 7) is 11.0. The predicted octanol–water partition coefficient (Wildman–Crippen LogP) is 6.19. The molecule has 1 aliphatic rings. The van der Waals surface area contributed by atoms with Gasteiger partial charge in [-0.2, -0.15) is 5.21 Å². The van der Waals surface area contributed by atoms with Gasteiger partial charge in [-0.15, -0.1) is 10.2 Å². The molecule has 0 amide bonds. The van der Waals surface area contributed by atoms with Gasteiger partial charge in [0.1, 0.15) is 6.04 Å². The smallest absolute Gasteiger partial charge is 0.333 e. The molecule has 46 heavy (non-hydrogen) atoms. The van der Waals surface area contributed by atoms with E-state index in [2.05, 4.69) is 27.5 Å². The summed E-state index contributed by atoms with van der Waals surface area (Å²) in [5, 5.41) is 14.5. The number of esters is 2. The highest BCUT2D eigenvalue weighted by Gasteiger charge is 2.37. The van der Waals surface area contributed by atoms with E-state index in [0.717, 1.165) is 47.2 Å². The number of aromatic amines is 1. The topological polar surface area (TPSA) is 134 Å². The number of hydrogen-bond acceptors (Lipinski definition) is 8. The van der Waals surface area contributed by atoms with Crippen molar-refractivity contribution in [2.45, 2.75) is 105 Å². The molecule has 3 unspecified atom stereocenters. The lowest BCUT2D eigenvalue weighted by Gasteiger charge is -2.32. The Morgan fingerprint density at radius 3 is 2.37 bits per heavy atom. The number of unbranched alkanes of at least 4 members (excludes halogenated alkanes) is 2. The zero-order valence-corrected chi connectivity index (χ0v) is 27.6. The van der Waals surface area contributed by atoms with Gasteiger partial charge in [0.25, 0.3) is 5.56 Å². The lowest BCUT2D eigenvalue weighted by Crippen LogP contribution is -2.39. The Hall–Kier alpha value is -4.54. The van der Waals surface area contributed by atoms with E-state index in [1.165, 1.54) is 0 Å². The zero-order valence-electron chi connectivity index (χ0n) is 27.6. The van der Waals surface area contributed by atoms with E-state index < -0.39 is 29.7 Å². The van der Waals surface area contributed by atoms with Crippen molar-refractivity contribution in [3.05, 3.63) is 75.7 Å². The highest BCUT2D eigenvalue weighted by atomic mass is 16.7. The first-order chi connectivity index (χ1) is 22.0. The molecule has 0 saturated heterocycles. The molecule has 0 fully saturated rings. The Morgan fingerprint density at radius 2 is 1.72 bits per heavy atom. The van der Waals surface area contributed by atoms with Crippen LogP contribution in [-0.2, 0) is 31.9 Å². The maximum absolute atomic E-state index is 14.1. The summed E-state index contributed by atoms with van der Waals surface area (Å²) in [5.74, 6) is -0.430. The molecule has 4 aromatic rings. The standard InChI is InChI=1S/C35H44N6O5/c1-7-8-9-14-29-28(21-24-16-18-25(19-17-24)26-12-10-11-13-27(26)31-36-38-39-37-31)32(42)40-22(2)15-20-30(41(29)40)33(43)45-23(3)46-34(44)35(4,5)6/h10-13,16-19,22-23,30H,7-9,14-15,20-21H2,1-6H3,(H,36,37,38,39). The number of fused-ring (bicyclic) bond motifs is 1. The summed E-state index contributed by atoms with van der Waals surface area (Å²) in [5.41, 5.74) is 4.62. The van der Waals surface area contributed by atoms with Crippen LogP contribution in [0.4, 0.5) is 0 Å². The minimum absolute atomic E-state index is 0.0737. The van der Waals surface area contributed by atoms with Crippen molar-refractivity contribution in [2.24, 2.45) is 5.41 Å².